The molecule has 11 aromatic carbocycles. The quantitative estimate of drug-likeness (QED) is 0.144. The van der Waals surface area contributed by atoms with E-state index in [-0.39, 0.29) is 0 Å². The second-order valence-electron chi connectivity index (χ2n) is 17.7. The summed E-state index contributed by atoms with van der Waals surface area (Å²) in [6.45, 7) is 0. The molecule has 13 rings (SSSR count). The van der Waals surface area contributed by atoms with Crippen LogP contribution >= 0.6 is 0 Å². The summed E-state index contributed by atoms with van der Waals surface area (Å²) < 4.78 is 4.88. The topological polar surface area (TPSA) is 9.86 Å². The summed E-state index contributed by atoms with van der Waals surface area (Å²) >= 11 is 0. The summed E-state index contributed by atoms with van der Waals surface area (Å²) in [6.07, 6.45) is 0. The zero-order chi connectivity index (χ0) is 45.0. The lowest BCUT2D eigenvalue weighted by atomic mass is 9.94. The summed E-state index contributed by atoms with van der Waals surface area (Å²) in [4.78, 5) is 0. The van der Waals surface area contributed by atoms with Crippen molar-refractivity contribution in [1.29, 1.82) is 0 Å². The Labute approximate surface area is 395 Å². The van der Waals surface area contributed by atoms with Crippen molar-refractivity contribution in [3.05, 3.63) is 267 Å². The van der Waals surface area contributed by atoms with Crippen molar-refractivity contribution in [2.75, 3.05) is 0 Å². The van der Waals surface area contributed by atoms with Crippen molar-refractivity contribution >= 4 is 43.6 Å². The first-order chi connectivity index (χ1) is 33.7. The first kappa shape index (κ1) is 39.4. The molecule has 0 unspecified atom stereocenters. The van der Waals surface area contributed by atoms with Crippen LogP contribution in [0.5, 0.6) is 0 Å². The molecule has 0 saturated heterocycles. The second-order valence-corrected chi connectivity index (χ2v) is 17.7. The van der Waals surface area contributed by atoms with Crippen molar-refractivity contribution in [1.82, 2.24) is 9.13 Å². The van der Waals surface area contributed by atoms with E-state index in [2.05, 4.69) is 276 Å². The smallest absolute Gasteiger partial charge is 0.0547 e. The van der Waals surface area contributed by atoms with E-state index in [1.807, 2.05) is 0 Å². The van der Waals surface area contributed by atoms with E-state index < -0.39 is 0 Å². The maximum Gasteiger partial charge on any atom is 0.0547 e. The second kappa shape index (κ2) is 16.5. The van der Waals surface area contributed by atoms with Gasteiger partial charge in [-0.05, 0) is 122 Å². The Hall–Kier alpha value is -8.98. The molecule has 0 saturated carbocycles. The van der Waals surface area contributed by atoms with Crippen LogP contribution in [0.4, 0.5) is 0 Å². The van der Waals surface area contributed by atoms with Gasteiger partial charge in [0.1, 0.15) is 0 Å². The van der Waals surface area contributed by atoms with Crippen LogP contribution in [-0.2, 0) is 0 Å². The maximum absolute atomic E-state index is 2.45. The summed E-state index contributed by atoms with van der Waals surface area (Å²) in [7, 11) is 0. The molecule has 0 aliphatic heterocycles. The fraction of sp³-hybridized carbons (Fsp3) is 0. The molecule has 0 bridgehead atoms. The summed E-state index contributed by atoms with van der Waals surface area (Å²) in [5.41, 5.74) is 21.5. The SMILES string of the molecule is c1ccc(-c2cccc(-c3cccc4c3c3cc(-c5ccc(-c6ccc7c(c6)c6ccccc6n7-c6ccccc6-c6ccccc6)cc5)ccc3n4-c3cccc(-c4ccccc4)c3)c2)cc1. The molecule has 2 heterocycles. The number of hydrogen-bond acceptors (Lipinski definition) is 0. The predicted molar refractivity (Wildman–Crippen MR) is 288 cm³/mol. The molecule has 0 radical (unpaired) electrons. The van der Waals surface area contributed by atoms with Crippen molar-refractivity contribution in [3.63, 3.8) is 0 Å². The molecule has 68 heavy (non-hydrogen) atoms. The van der Waals surface area contributed by atoms with Crippen molar-refractivity contribution in [3.8, 4) is 78.1 Å². The van der Waals surface area contributed by atoms with E-state index in [9.17, 15) is 0 Å². The highest BCUT2D eigenvalue weighted by atomic mass is 15.0. The summed E-state index contributed by atoms with van der Waals surface area (Å²) in [5.74, 6) is 0. The number of rotatable bonds is 8. The van der Waals surface area contributed by atoms with Crippen LogP contribution in [0.15, 0.2) is 267 Å². The van der Waals surface area contributed by atoms with Crippen molar-refractivity contribution < 1.29 is 0 Å². The van der Waals surface area contributed by atoms with Crippen LogP contribution in [0.2, 0.25) is 0 Å². The lowest BCUT2D eigenvalue weighted by Crippen LogP contribution is -1.96. The van der Waals surface area contributed by atoms with Crippen LogP contribution in [0, 0.1) is 0 Å². The van der Waals surface area contributed by atoms with Crippen LogP contribution < -0.4 is 0 Å². The molecule has 318 valence electrons. The van der Waals surface area contributed by atoms with Gasteiger partial charge in [-0.1, -0.05) is 206 Å². The zero-order valence-corrected chi connectivity index (χ0v) is 37.3. The molecule has 2 heteroatoms. The first-order valence-corrected chi connectivity index (χ1v) is 23.4. The number of benzene rings is 11. The van der Waals surface area contributed by atoms with Gasteiger partial charge in [-0.15, -0.1) is 0 Å². The van der Waals surface area contributed by atoms with Crippen LogP contribution in [0.25, 0.3) is 122 Å². The Morgan fingerprint density at radius 1 is 0.206 bits per heavy atom. The van der Waals surface area contributed by atoms with E-state index in [4.69, 9.17) is 0 Å². The van der Waals surface area contributed by atoms with Crippen LogP contribution in [0.1, 0.15) is 0 Å². The highest BCUT2D eigenvalue weighted by Gasteiger charge is 2.19. The minimum Gasteiger partial charge on any atom is -0.309 e. The highest BCUT2D eigenvalue weighted by Crippen LogP contribution is 2.43. The van der Waals surface area contributed by atoms with Crippen LogP contribution in [0.3, 0.4) is 0 Å². The molecular weight excluding hydrogens is 821 g/mol. The Bertz CT molecular complexity index is 3990. The third-order valence-electron chi connectivity index (χ3n) is 13.7. The van der Waals surface area contributed by atoms with Gasteiger partial charge in [0.2, 0.25) is 0 Å². The van der Waals surface area contributed by atoms with Gasteiger partial charge in [-0.25, -0.2) is 0 Å². The van der Waals surface area contributed by atoms with E-state index in [0.717, 1.165) is 5.69 Å². The fourth-order valence-corrected chi connectivity index (χ4v) is 10.5. The maximum atomic E-state index is 2.45. The number of fused-ring (bicyclic) bond motifs is 6. The number of nitrogens with zero attached hydrogens (tertiary/aromatic N) is 2. The zero-order valence-electron chi connectivity index (χ0n) is 37.3. The van der Waals surface area contributed by atoms with Crippen LogP contribution in [-0.4, -0.2) is 9.13 Å². The normalized spacial score (nSPS) is 11.5. The monoisotopic (exact) mass is 864 g/mol. The molecule has 0 amide bonds. The van der Waals surface area contributed by atoms with Gasteiger partial charge >= 0.3 is 0 Å². The van der Waals surface area contributed by atoms with Gasteiger partial charge in [-0.2, -0.15) is 0 Å². The largest absolute Gasteiger partial charge is 0.309 e. The first-order valence-electron chi connectivity index (χ1n) is 23.4. The predicted octanol–water partition coefficient (Wildman–Crippen LogP) is 17.9. The van der Waals surface area contributed by atoms with Gasteiger partial charge in [0, 0.05) is 32.8 Å². The van der Waals surface area contributed by atoms with Crippen molar-refractivity contribution in [2.24, 2.45) is 0 Å². The molecule has 2 nitrogen and oxygen atoms in total. The Kier molecular flexibility index (Phi) is 9.54. The molecule has 13 aromatic rings. The average Bonchev–Trinajstić information content (AvgIpc) is 3.94. The minimum absolute atomic E-state index is 1.14. The molecule has 2 aromatic heterocycles. The van der Waals surface area contributed by atoms with E-state index >= 15 is 0 Å². The molecule has 0 aliphatic carbocycles. The number of hydrogen-bond donors (Lipinski definition) is 0. The number of para-hydroxylation sites is 2. The highest BCUT2D eigenvalue weighted by molar-refractivity contribution is 6.17. The molecule has 0 N–H and O–H groups in total. The van der Waals surface area contributed by atoms with Gasteiger partial charge in [0.15, 0.2) is 0 Å². The molecule has 0 aliphatic rings. The molecule has 0 fully saturated rings. The Morgan fingerprint density at radius 2 is 0.647 bits per heavy atom. The van der Waals surface area contributed by atoms with Crippen molar-refractivity contribution in [2.45, 2.75) is 0 Å². The van der Waals surface area contributed by atoms with E-state index in [0.29, 0.717) is 0 Å². The van der Waals surface area contributed by atoms with Gasteiger partial charge < -0.3 is 9.13 Å². The fourth-order valence-electron chi connectivity index (χ4n) is 10.5. The van der Waals surface area contributed by atoms with E-state index in [1.165, 1.54) is 116 Å². The van der Waals surface area contributed by atoms with Gasteiger partial charge in [0.25, 0.3) is 0 Å². The standard InChI is InChI=1S/C66H44N2/c1-4-17-45(18-5-1)50-23-14-25-54(41-50)57-29-16-32-65-66(57)60-44-53(38-40-64(60)67(65)55-26-15-24-51(42-55)46-19-6-2-7-20-46)48-35-33-47(34-36-48)52-37-39-63-59(43-52)58-28-11-13-31-62(58)68(63)61-30-12-10-27-56(61)49-21-8-3-9-22-49/h1-44H. The summed E-state index contributed by atoms with van der Waals surface area (Å²) in [5, 5.41) is 4.96. The molecular formula is C66H44N2. The third-order valence-corrected chi connectivity index (χ3v) is 13.7. The van der Waals surface area contributed by atoms with E-state index in [1.54, 1.807) is 0 Å². The minimum atomic E-state index is 1.14. The number of aromatic nitrogens is 2. The summed E-state index contributed by atoms with van der Waals surface area (Å²) in [6, 6.07) is 97.4. The Balaban J connectivity index is 0.927. The Morgan fingerprint density at radius 3 is 1.35 bits per heavy atom. The average molecular weight is 865 g/mol. The molecule has 0 spiro atoms. The lowest BCUT2D eigenvalue weighted by Gasteiger charge is -2.14. The van der Waals surface area contributed by atoms with Gasteiger partial charge in [-0.3, -0.25) is 0 Å². The lowest BCUT2D eigenvalue weighted by molar-refractivity contribution is 1.18. The molecule has 0 atom stereocenters. The third kappa shape index (κ3) is 6.73. The van der Waals surface area contributed by atoms with Gasteiger partial charge in [0.05, 0.1) is 27.8 Å².